The predicted octanol–water partition coefficient (Wildman–Crippen LogP) is 3.96. The first kappa shape index (κ1) is 17.7. The maximum Gasteiger partial charge on any atom is 0.322 e. The van der Waals surface area contributed by atoms with Crippen LogP contribution < -0.4 is 0 Å². The summed E-state index contributed by atoms with van der Waals surface area (Å²) in [5.74, 6) is -1.14. The summed E-state index contributed by atoms with van der Waals surface area (Å²) in [7, 11) is 0. The van der Waals surface area contributed by atoms with Gasteiger partial charge in [0.1, 0.15) is 6.21 Å². The molecule has 0 amide bonds. The number of allylic oxidation sites excluding steroid dienone is 1. The van der Waals surface area contributed by atoms with Crippen LogP contribution in [-0.4, -0.2) is 27.3 Å². The molecule has 0 aliphatic carbocycles. The second-order valence-corrected chi connectivity index (χ2v) is 6.31. The lowest BCUT2D eigenvalue weighted by Crippen LogP contribution is -2.34. The number of rotatable bonds is 6. The smallest absolute Gasteiger partial charge is 0.322 e. The van der Waals surface area contributed by atoms with E-state index in [1.165, 1.54) is 22.7 Å². The first-order valence-corrected chi connectivity index (χ1v) is 8.26. The Morgan fingerprint density at radius 2 is 2.17 bits per heavy atom. The fourth-order valence-corrected chi connectivity index (χ4v) is 3.25. The average Bonchev–Trinajstić information content (AvgIpc) is 2.51. The third kappa shape index (κ3) is 4.20. The van der Waals surface area contributed by atoms with Crippen LogP contribution in [0.15, 0.2) is 34.0 Å². The Hall–Kier alpha value is -1.67. The number of aliphatic imine (C=N–C) groups is 1. The van der Waals surface area contributed by atoms with Gasteiger partial charge in [0, 0.05) is 6.54 Å². The molecule has 0 radical (unpaired) electrons. The molecule has 9 heteroatoms. The molecule has 0 saturated heterocycles. The maximum absolute atomic E-state index is 13.4. The number of hydrogen-bond donors (Lipinski definition) is 0. The van der Waals surface area contributed by atoms with Gasteiger partial charge in [-0.15, -0.1) is 11.8 Å². The minimum atomic E-state index is -0.977. The van der Waals surface area contributed by atoms with Crippen molar-refractivity contribution in [2.24, 2.45) is 4.99 Å². The molecule has 0 bridgehead atoms. The van der Waals surface area contributed by atoms with E-state index in [4.69, 9.17) is 11.6 Å². The van der Waals surface area contributed by atoms with Crippen molar-refractivity contribution in [3.8, 4) is 0 Å². The van der Waals surface area contributed by atoms with Gasteiger partial charge in [-0.25, -0.2) is 8.78 Å². The third-order valence-corrected chi connectivity index (χ3v) is 4.79. The highest BCUT2D eigenvalue weighted by molar-refractivity contribution is 7.99. The molecule has 1 aromatic rings. The van der Waals surface area contributed by atoms with Crippen LogP contribution in [0.25, 0.3) is 0 Å². The van der Waals surface area contributed by atoms with Gasteiger partial charge in [-0.3, -0.25) is 15.1 Å². The van der Waals surface area contributed by atoms with Crippen molar-refractivity contribution in [2.45, 2.75) is 25.4 Å². The Labute approximate surface area is 141 Å². The highest BCUT2D eigenvalue weighted by Crippen LogP contribution is 2.31. The molecule has 2 rings (SSSR count). The molecular formula is C14H14ClF2N3O2S. The largest absolute Gasteiger partial charge is 0.322 e. The van der Waals surface area contributed by atoms with E-state index in [2.05, 4.69) is 4.99 Å². The normalized spacial score (nSPS) is 17.7. The summed E-state index contributed by atoms with van der Waals surface area (Å²) in [4.78, 5) is 16.0. The van der Waals surface area contributed by atoms with E-state index in [0.717, 1.165) is 30.5 Å². The minimum Gasteiger partial charge on any atom is -0.322 e. The lowest BCUT2D eigenvalue weighted by Gasteiger charge is -2.31. The molecule has 23 heavy (non-hydrogen) atoms. The standard InChI is InChI=1S/C14H14ClF2N3O2S/c1-2-5-23-14-18-7-12(20(21)22)13(15)19(14)8-9-3-4-10(16)11(17)6-9/h3-4,6-7,14H,2,5,8H2,1H3. The lowest BCUT2D eigenvalue weighted by molar-refractivity contribution is -0.416. The molecule has 0 spiro atoms. The number of nitro groups is 1. The molecule has 124 valence electrons. The van der Waals surface area contributed by atoms with Crippen LogP contribution in [0.2, 0.25) is 0 Å². The van der Waals surface area contributed by atoms with E-state index in [1.807, 2.05) is 6.92 Å². The number of benzene rings is 1. The topological polar surface area (TPSA) is 58.7 Å². The minimum absolute atomic E-state index is 0.0664. The summed E-state index contributed by atoms with van der Waals surface area (Å²) in [5.41, 5.74) is -0.314. The Kier molecular flexibility index (Phi) is 5.95. The van der Waals surface area contributed by atoms with E-state index >= 15 is 0 Å². The summed E-state index contributed by atoms with van der Waals surface area (Å²) < 4.78 is 26.4. The zero-order valence-electron chi connectivity index (χ0n) is 12.2. The predicted molar refractivity (Wildman–Crippen MR) is 86.8 cm³/mol. The highest BCUT2D eigenvalue weighted by Gasteiger charge is 2.31. The van der Waals surface area contributed by atoms with Crippen molar-refractivity contribution >= 4 is 29.6 Å². The van der Waals surface area contributed by atoms with Crippen LogP contribution in [0.5, 0.6) is 0 Å². The molecule has 0 aromatic heterocycles. The molecule has 1 heterocycles. The van der Waals surface area contributed by atoms with Gasteiger partial charge >= 0.3 is 5.70 Å². The van der Waals surface area contributed by atoms with Crippen LogP contribution >= 0.6 is 23.4 Å². The van der Waals surface area contributed by atoms with Gasteiger partial charge in [-0.05, 0) is 29.9 Å². The molecular weight excluding hydrogens is 348 g/mol. The van der Waals surface area contributed by atoms with Crippen molar-refractivity contribution in [1.82, 2.24) is 4.90 Å². The number of thioether (sulfide) groups is 1. The lowest BCUT2D eigenvalue weighted by atomic mass is 10.2. The summed E-state index contributed by atoms with van der Waals surface area (Å²) in [6.45, 7) is 2.09. The summed E-state index contributed by atoms with van der Waals surface area (Å²) in [6, 6.07) is 3.47. The van der Waals surface area contributed by atoms with Crippen LogP contribution in [0.1, 0.15) is 18.9 Å². The SMILES string of the molecule is CCCSC1N=CC([N+](=O)[O-])=C(Cl)N1Cc1ccc(F)c(F)c1. The van der Waals surface area contributed by atoms with E-state index in [9.17, 15) is 18.9 Å². The molecule has 1 unspecified atom stereocenters. The average molecular weight is 362 g/mol. The molecule has 0 saturated carbocycles. The van der Waals surface area contributed by atoms with Gasteiger partial charge < -0.3 is 4.90 Å². The van der Waals surface area contributed by atoms with Crippen LogP contribution in [0, 0.1) is 21.7 Å². The van der Waals surface area contributed by atoms with E-state index in [0.29, 0.717) is 5.56 Å². The van der Waals surface area contributed by atoms with Gasteiger partial charge in [0.05, 0.1) is 4.92 Å². The maximum atomic E-state index is 13.4. The Balaban J connectivity index is 2.29. The molecule has 0 fully saturated rings. The fraction of sp³-hybridized carbons (Fsp3) is 0.357. The monoisotopic (exact) mass is 361 g/mol. The van der Waals surface area contributed by atoms with E-state index in [1.54, 1.807) is 0 Å². The van der Waals surface area contributed by atoms with E-state index in [-0.39, 0.29) is 17.4 Å². The Bertz CT molecular complexity index is 669. The van der Waals surface area contributed by atoms with Gasteiger partial charge in [0.25, 0.3) is 0 Å². The molecule has 1 aliphatic rings. The summed E-state index contributed by atoms with van der Waals surface area (Å²) >= 11 is 7.60. The number of hydrogen-bond acceptors (Lipinski definition) is 5. The van der Waals surface area contributed by atoms with Crippen LogP contribution in [0.4, 0.5) is 8.78 Å². The van der Waals surface area contributed by atoms with Gasteiger partial charge in [-0.2, -0.15) is 0 Å². The van der Waals surface area contributed by atoms with Crippen molar-refractivity contribution in [3.63, 3.8) is 0 Å². The number of halogens is 3. The quantitative estimate of drug-likeness (QED) is 0.437. The van der Waals surface area contributed by atoms with Crippen molar-refractivity contribution in [1.29, 1.82) is 0 Å². The molecule has 5 nitrogen and oxygen atoms in total. The second kappa shape index (κ2) is 7.74. The zero-order chi connectivity index (χ0) is 17.0. The fourth-order valence-electron chi connectivity index (χ4n) is 1.97. The third-order valence-electron chi connectivity index (χ3n) is 3.06. The van der Waals surface area contributed by atoms with E-state index < -0.39 is 22.1 Å². The van der Waals surface area contributed by atoms with Crippen LogP contribution in [-0.2, 0) is 6.54 Å². The van der Waals surface area contributed by atoms with Gasteiger partial charge in [0.15, 0.2) is 22.3 Å². The van der Waals surface area contributed by atoms with Crippen molar-refractivity contribution in [3.05, 3.63) is 56.4 Å². The van der Waals surface area contributed by atoms with Crippen molar-refractivity contribution < 1.29 is 13.7 Å². The van der Waals surface area contributed by atoms with Gasteiger partial charge in [0.2, 0.25) is 0 Å². The summed E-state index contributed by atoms with van der Waals surface area (Å²) in [5, 5.41) is 10.9. The number of nitrogens with zero attached hydrogens (tertiary/aromatic N) is 3. The molecule has 1 aromatic carbocycles. The first-order chi connectivity index (χ1) is 10.9. The van der Waals surface area contributed by atoms with Crippen LogP contribution in [0.3, 0.4) is 0 Å². The van der Waals surface area contributed by atoms with Gasteiger partial charge in [-0.1, -0.05) is 24.6 Å². The summed E-state index contributed by atoms with van der Waals surface area (Å²) in [6.07, 6.45) is 2.04. The Morgan fingerprint density at radius 1 is 1.43 bits per heavy atom. The second-order valence-electron chi connectivity index (χ2n) is 4.78. The van der Waals surface area contributed by atoms with Crippen molar-refractivity contribution in [2.75, 3.05) is 5.75 Å². The molecule has 1 aliphatic heterocycles. The Morgan fingerprint density at radius 3 is 2.78 bits per heavy atom. The molecule has 1 atom stereocenters. The first-order valence-electron chi connectivity index (χ1n) is 6.83. The molecule has 0 N–H and O–H groups in total. The highest BCUT2D eigenvalue weighted by atomic mass is 35.5. The zero-order valence-corrected chi connectivity index (χ0v) is 13.8.